The van der Waals surface area contributed by atoms with Crippen LogP contribution >= 0.6 is 11.8 Å². The molecule has 0 aliphatic rings. The molecule has 1 aromatic carbocycles. The Morgan fingerprint density at radius 2 is 2.05 bits per heavy atom. The topological polar surface area (TPSA) is 75.6 Å². The summed E-state index contributed by atoms with van der Waals surface area (Å²) in [6.07, 6.45) is 0. The van der Waals surface area contributed by atoms with Crippen molar-refractivity contribution in [1.29, 1.82) is 0 Å². The normalized spacial score (nSPS) is 11.0. The maximum absolute atomic E-state index is 11.9. The number of phenolic OH excluding ortho intramolecular Hbond substituents is 1. The lowest BCUT2D eigenvalue weighted by Gasteiger charge is -2.09. The maximum atomic E-state index is 11.9. The van der Waals surface area contributed by atoms with E-state index in [-0.39, 0.29) is 11.3 Å². The number of hydrogen-bond donors (Lipinski definition) is 2. The van der Waals surface area contributed by atoms with Crippen LogP contribution < -0.4 is 5.32 Å². The number of carbonyl (C=O) groups excluding carboxylic acids is 2. The molecular formula is C11H10F3NO4S. The monoisotopic (exact) mass is 309 g/mol. The first-order chi connectivity index (χ1) is 9.23. The van der Waals surface area contributed by atoms with Crippen LogP contribution in [0.5, 0.6) is 5.75 Å². The number of methoxy groups -OCH3 is 1. The summed E-state index contributed by atoms with van der Waals surface area (Å²) in [5.41, 5.74) is -4.55. The van der Waals surface area contributed by atoms with Gasteiger partial charge in [0.25, 0.3) is 0 Å². The second kappa shape index (κ2) is 6.51. The minimum absolute atomic E-state index is 0.0488. The van der Waals surface area contributed by atoms with Crippen LogP contribution in [0.25, 0.3) is 0 Å². The molecule has 0 saturated heterocycles. The van der Waals surface area contributed by atoms with Gasteiger partial charge in [-0.1, -0.05) is 0 Å². The van der Waals surface area contributed by atoms with Crippen LogP contribution in [0, 0.1) is 0 Å². The summed E-state index contributed by atoms with van der Waals surface area (Å²) < 4.78 is 40.1. The Balaban J connectivity index is 2.69. The second-order valence-corrected chi connectivity index (χ2v) is 4.55. The van der Waals surface area contributed by atoms with E-state index in [0.29, 0.717) is 0 Å². The molecular weight excluding hydrogens is 299 g/mol. The van der Waals surface area contributed by atoms with Crippen molar-refractivity contribution in [2.45, 2.75) is 5.51 Å². The zero-order chi connectivity index (χ0) is 15.3. The predicted octanol–water partition coefficient (Wildman–Crippen LogP) is 2.37. The van der Waals surface area contributed by atoms with Gasteiger partial charge in [-0.25, -0.2) is 4.79 Å². The number of halogens is 3. The first-order valence-corrected chi connectivity index (χ1v) is 6.13. The van der Waals surface area contributed by atoms with Crippen molar-refractivity contribution < 1.29 is 32.6 Å². The highest BCUT2D eigenvalue weighted by molar-refractivity contribution is 8.00. The van der Waals surface area contributed by atoms with Crippen molar-refractivity contribution in [2.75, 3.05) is 18.2 Å². The van der Waals surface area contributed by atoms with Gasteiger partial charge in [-0.2, -0.15) is 13.2 Å². The van der Waals surface area contributed by atoms with Gasteiger partial charge in [0.05, 0.1) is 24.1 Å². The molecule has 0 radical (unpaired) electrons. The number of anilines is 1. The lowest BCUT2D eigenvalue weighted by Crippen LogP contribution is -2.17. The highest BCUT2D eigenvalue weighted by Gasteiger charge is 2.29. The molecule has 5 nitrogen and oxygen atoms in total. The van der Waals surface area contributed by atoms with E-state index in [1.807, 2.05) is 0 Å². The van der Waals surface area contributed by atoms with Gasteiger partial charge in [0.1, 0.15) is 5.75 Å². The number of ether oxygens (including phenoxy) is 1. The van der Waals surface area contributed by atoms with E-state index in [2.05, 4.69) is 10.1 Å². The van der Waals surface area contributed by atoms with Gasteiger partial charge >= 0.3 is 11.5 Å². The van der Waals surface area contributed by atoms with E-state index in [4.69, 9.17) is 0 Å². The number of phenols is 1. The molecule has 20 heavy (non-hydrogen) atoms. The third-order valence-electron chi connectivity index (χ3n) is 2.06. The predicted molar refractivity (Wildman–Crippen MR) is 66.6 cm³/mol. The fourth-order valence-corrected chi connectivity index (χ4v) is 1.58. The fraction of sp³-hybridized carbons (Fsp3) is 0.273. The van der Waals surface area contributed by atoms with E-state index in [1.165, 1.54) is 12.1 Å². The first-order valence-electron chi connectivity index (χ1n) is 5.15. The number of thioether (sulfide) groups is 1. The van der Waals surface area contributed by atoms with Crippen molar-refractivity contribution in [1.82, 2.24) is 0 Å². The van der Waals surface area contributed by atoms with Crippen molar-refractivity contribution in [3.63, 3.8) is 0 Å². The van der Waals surface area contributed by atoms with E-state index in [9.17, 15) is 27.9 Å². The number of hydrogen-bond acceptors (Lipinski definition) is 5. The molecule has 0 aromatic heterocycles. The Morgan fingerprint density at radius 1 is 1.40 bits per heavy atom. The van der Waals surface area contributed by atoms with Gasteiger partial charge in [0, 0.05) is 0 Å². The average Bonchev–Trinajstić information content (AvgIpc) is 2.37. The SMILES string of the molecule is COC(=O)c1ccc(NC(=O)CSC(F)(F)F)c(O)c1. The molecule has 0 aliphatic carbocycles. The van der Waals surface area contributed by atoms with Crippen LogP contribution in [0.15, 0.2) is 18.2 Å². The van der Waals surface area contributed by atoms with Crippen LogP contribution in [-0.2, 0) is 9.53 Å². The molecule has 0 fully saturated rings. The quantitative estimate of drug-likeness (QED) is 0.659. The Morgan fingerprint density at radius 3 is 2.55 bits per heavy atom. The summed E-state index contributed by atoms with van der Waals surface area (Å²) in [5, 5.41) is 11.7. The molecule has 2 N–H and O–H groups in total. The Bertz CT molecular complexity index is 519. The minimum atomic E-state index is -4.51. The van der Waals surface area contributed by atoms with Crippen LogP contribution in [-0.4, -0.2) is 35.4 Å². The lowest BCUT2D eigenvalue weighted by molar-refractivity contribution is -0.114. The van der Waals surface area contributed by atoms with Crippen molar-refractivity contribution in [3.05, 3.63) is 23.8 Å². The van der Waals surface area contributed by atoms with Crippen LogP contribution in [0.4, 0.5) is 18.9 Å². The lowest BCUT2D eigenvalue weighted by atomic mass is 10.2. The minimum Gasteiger partial charge on any atom is -0.506 e. The largest absolute Gasteiger partial charge is 0.506 e. The molecule has 0 saturated carbocycles. The molecule has 0 atom stereocenters. The summed E-state index contributed by atoms with van der Waals surface area (Å²) in [4.78, 5) is 22.4. The molecule has 0 spiro atoms. The number of rotatable bonds is 4. The van der Waals surface area contributed by atoms with Gasteiger partial charge in [-0.05, 0) is 30.0 Å². The number of esters is 1. The molecule has 1 amide bonds. The number of aromatic hydroxyl groups is 1. The Kier molecular flexibility index (Phi) is 5.26. The molecule has 1 rings (SSSR count). The summed E-state index contributed by atoms with van der Waals surface area (Å²) in [6, 6.07) is 3.49. The summed E-state index contributed by atoms with van der Waals surface area (Å²) in [7, 11) is 1.16. The maximum Gasteiger partial charge on any atom is 0.442 e. The molecule has 0 heterocycles. The number of carbonyl (C=O) groups is 2. The van der Waals surface area contributed by atoms with Gasteiger partial charge in [0.15, 0.2) is 0 Å². The van der Waals surface area contributed by atoms with Gasteiger partial charge < -0.3 is 15.2 Å². The fourth-order valence-electron chi connectivity index (χ4n) is 1.22. The first kappa shape index (κ1) is 16.2. The van der Waals surface area contributed by atoms with Crippen LogP contribution in [0.1, 0.15) is 10.4 Å². The van der Waals surface area contributed by atoms with E-state index < -0.39 is 40.6 Å². The highest BCUT2D eigenvalue weighted by atomic mass is 32.2. The van der Waals surface area contributed by atoms with Crippen molar-refractivity contribution in [3.8, 4) is 5.75 Å². The molecule has 9 heteroatoms. The Labute approximate surface area is 116 Å². The van der Waals surface area contributed by atoms with Gasteiger partial charge in [-0.3, -0.25) is 4.79 Å². The van der Waals surface area contributed by atoms with Crippen molar-refractivity contribution >= 4 is 29.3 Å². The molecule has 0 bridgehead atoms. The highest BCUT2D eigenvalue weighted by Crippen LogP contribution is 2.30. The van der Waals surface area contributed by atoms with E-state index in [0.717, 1.165) is 13.2 Å². The summed E-state index contributed by atoms with van der Waals surface area (Å²) >= 11 is -0.489. The zero-order valence-electron chi connectivity index (χ0n) is 10.2. The van der Waals surface area contributed by atoms with E-state index >= 15 is 0 Å². The summed E-state index contributed by atoms with van der Waals surface area (Å²) in [5.74, 6) is -2.89. The number of alkyl halides is 3. The molecule has 0 unspecified atom stereocenters. The molecule has 1 aromatic rings. The van der Waals surface area contributed by atoms with E-state index in [1.54, 1.807) is 0 Å². The van der Waals surface area contributed by atoms with Crippen LogP contribution in [0.3, 0.4) is 0 Å². The Hall–Kier alpha value is -1.90. The average molecular weight is 309 g/mol. The second-order valence-electron chi connectivity index (χ2n) is 3.51. The van der Waals surface area contributed by atoms with Crippen LogP contribution in [0.2, 0.25) is 0 Å². The standard InChI is InChI=1S/C11H10F3NO4S/c1-19-10(18)6-2-3-7(8(16)4-6)15-9(17)5-20-11(12,13)14/h2-4,16H,5H2,1H3,(H,15,17). The molecule has 110 valence electrons. The number of amides is 1. The zero-order valence-corrected chi connectivity index (χ0v) is 11.0. The smallest absolute Gasteiger partial charge is 0.442 e. The third-order valence-corrected chi connectivity index (χ3v) is 2.79. The third kappa shape index (κ3) is 5.00. The number of nitrogens with one attached hydrogen (secondary N) is 1. The van der Waals surface area contributed by atoms with Crippen molar-refractivity contribution in [2.24, 2.45) is 0 Å². The number of benzene rings is 1. The summed E-state index contributed by atoms with van der Waals surface area (Å²) in [6.45, 7) is 0. The molecule has 0 aliphatic heterocycles. The van der Waals surface area contributed by atoms with Gasteiger partial charge in [0.2, 0.25) is 5.91 Å². The van der Waals surface area contributed by atoms with Gasteiger partial charge in [-0.15, -0.1) is 0 Å².